The van der Waals surface area contributed by atoms with Crippen LogP contribution in [0.1, 0.15) is 30.0 Å². The van der Waals surface area contributed by atoms with Crippen molar-refractivity contribution in [3.8, 4) is 0 Å². The molecule has 0 bridgehead atoms. The minimum absolute atomic E-state index is 0.00787. The first-order valence-corrected chi connectivity index (χ1v) is 5.40. The topological polar surface area (TPSA) is 35.2 Å². The molecule has 80 valence electrons. The van der Waals surface area contributed by atoms with Crippen molar-refractivity contribution >= 4 is 0 Å². The molecule has 0 spiro atoms. The molecule has 0 amide bonds. The Balaban J connectivity index is 2.23. The minimum atomic E-state index is -0.00787. The molecule has 1 aromatic rings. The van der Waals surface area contributed by atoms with Crippen molar-refractivity contribution in [2.75, 3.05) is 6.61 Å². The van der Waals surface area contributed by atoms with Crippen molar-refractivity contribution < 1.29 is 4.74 Å². The van der Waals surface area contributed by atoms with E-state index in [2.05, 4.69) is 19.1 Å². The summed E-state index contributed by atoms with van der Waals surface area (Å²) in [5.74, 6) is 0. The van der Waals surface area contributed by atoms with Crippen molar-refractivity contribution in [3.63, 3.8) is 0 Å². The summed E-state index contributed by atoms with van der Waals surface area (Å²) in [6.07, 6.45) is 3.96. The van der Waals surface area contributed by atoms with E-state index in [0.29, 0.717) is 0 Å². The van der Waals surface area contributed by atoms with Gasteiger partial charge in [-0.2, -0.15) is 0 Å². The first kappa shape index (κ1) is 10.2. The Morgan fingerprint density at radius 2 is 2.13 bits per heavy atom. The highest BCUT2D eigenvalue weighted by Crippen LogP contribution is 2.27. The fraction of sp³-hybridized carbons (Fsp3) is 0.385. The number of rotatable bonds is 2. The number of hydrogen-bond donors (Lipinski definition) is 1. The van der Waals surface area contributed by atoms with Gasteiger partial charge in [-0.3, -0.25) is 0 Å². The molecule has 0 fully saturated rings. The van der Waals surface area contributed by atoms with E-state index in [1.807, 2.05) is 18.4 Å². The molecule has 0 radical (unpaired) electrons. The van der Waals surface area contributed by atoms with Crippen LogP contribution < -0.4 is 5.73 Å². The smallest absolute Gasteiger partial charge is 0.0876 e. The van der Waals surface area contributed by atoms with Crippen LogP contribution in [0.2, 0.25) is 0 Å². The second-order valence-electron chi connectivity index (χ2n) is 4.00. The third-order valence-electron chi connectivity index (χ3n) is 2.89. The van der Waals surface area contributed by atoms with E-state index < -0.39 is 0 Å². The molecule has 0 aliphatic carbocycles. The van der Waals surface area contributed by atoms with E-state index in [0.717, 1.165) is 19.4 Å². The lowest BCUT2D eigenvalue weighted by molar-refractivity contribution is 0.221. The molecule has 1 aromatic carbocycles. The van der Waals surface area contributed by atoms with Gasteiger partial charge in [0, 0.05) is 0 Å². The van der Waals surface area contributed by atoms with Crippen LogP contribution in [0.15, 0.2) is 36.1 Å². The summed E-state index contributed by atoms with van der Waals surface area (Å²) >= 11 is 0. The molecule has 1 atom stereocenters. The predicted molar refractivity (Wildman–Crippen MR) is 61.4 cm³/mol. The minimum Gasteiger partial charge on any atom is -0.501 e. The maximum atomic E-state index is 6.22. The van der Waals surface area contributed by atoms with Gasteiger partial charge in [0.2, 0.25) is 0 Å². The molecule has 2 heteroatoms. The maximum Gasteiger partial charge on any atom is 0.0876 e. The lowest BCUT2D eigenvalue weighted by Crippen LogP contribution is -2.17. The van der Waals surface area contributed by atoms with E-state index >= 15 is 0 Å². The lowest BCUT2D eigenvalue weighted by atomic mass is 9.93. The molecule has 2 N–H and O–H groups in total. The Morgan fingerprint density at radius 1 is 1.33 bits per heavy atom. The molecule has 2 nitrogen and oxygen atoms in total. The van der Waals surface area contributed by atoms with E-state index in [1.165, 1.54) is 16.7 Å². The molecule has 15 heavy (non-hydrogen) atoms. The van der Waals surface area contributed by atoms with Gasteiger partial charge in [-0.25, -0.2) is 0 Å². The maximum absolute atomic E-state index is 6.22. The van der Waals surface area contributed by atoms with Crippen molar-refractivity contribution in [2.24, 2.45) is 5.73 Å². The van der Waals surface area contributed by atoms with Gasteiger partial charge >= 0.3 is 0 Å². The summed E-state index contributed by atoms with van der Waals surface area (Å²) in [4.78, 5) is 0. The molecule has 1 unspecified atom stereocenters. The highest BCUT2D eigenvalue weighted by atomic mass is 16.5. The molecule has 1 aliphatic heterocycles. The molecule has 1 heterocycles. The fourth-order valence-corrected chi connectivity index (χ4v) is 1.95. The summed E-state index contributed by atoms with van der Waals surface area (Å²) in [6, 6.07) is 8.25. The van der Waals surface area contributed by atoms with E-state index in [1.54, 1.807) is 0 Å². The van der Waals surface area contributed by atoms with Gasteiger partial charge in [-0.05, 0) is 36.5 Å². The van der Waals surface area contributed by atoms with Crippen LogP contribution in [0, 0.1) is 6.92 Å². The Hall–Kier alpha value is -1.28. The van der Waals surface area contributed by atoms with Gasteiger partial charge < -0.3 is 10.5 Å². The van der Waals surface area contributed by atoms with E-state index in [4.69, 9.17) is 10.5 Å². The second kappa shape index (κ2) is 4.49. The summed E-state index contributed by atoms with van der Waals surface area (Å²) in [7, 11) is 0. The van der Waals surface area contributed by atoms with Gasteiger partial charge in [0.25, 0.3) is 0 Å². The number of ether oxygens (including phenoxy) is 1. The number of hydrogen-bond acceptors (Lipinski definition) is 2. The quantitative estimate of drug-likeness (QED) is 0.802. The van der Waals surface area contributed by atoms with Crippen LogP contribution in [0.4, 0.5) is 0 Å². The highest BCUT2D eigenvalue weighted by molar-refractivity contribution is 5.34. The third-order valence-corrected chi connectivity index (χ3v) is 2.89. The zero-order chi connectivity index (χ0) is 10.7. The van der Waals surface area contributed by atoms with Crippen LogP contribution in [0.5, 0.6) is 0 Å². The molecule has 1 aliphatic rings. The van der Waals surface area contributed by atoms with Crippen LogP contribution in [0.3, 0.4) is 0 Å². The standard InChI is InChI=1S/C13H17NO/c1-10-5-2-3-7-12(10)13(14)11-6-4-8-15-9-11/h2-3,5,7,9,13H,4,6,8,14H2,1H3. The highest BCUT2D eigenvalue weighted by Gasteiger charge is 2.15. The van der Waals surface area contributed by atoms with Crippen LogP contribution in [-0.2, 0) is 4.74 Å². The van der Waals surface area contributed by atoms with Gasteiger partial charge in [0.15, 0.2) is 0 Å². The first-order chi connectivity index (χ1) is 7.29. The summed E-state index contributed by atoms with van der Waals surface area (Å²) in [5.41, 5.74) is 9.88. The lowest BCUT2D eigenvalue weighted by Gasteiger charge is -2.21. The third kappa shape index (κ3) is 2.21. The Labute approximate surface area is 90.7 Å². The SMILES string of the molecule is Cc1ccccc1C(N)C1=COCCC1. The molecule has 2 rings (SSSR count). The van der Waals surface area contributed by atoms with Crippen molar-refractivity contribution in [1.29, 1.82) is 0 Å². The molecule has 0 saturated carbocycles. The number of aryl methyl sites for hydroxylation is 1. The van der Waals surface area contributed by atoms with Crippen molar-refractivity contribution in [1.82, 2.24) is 0 Å². The van der Waals surface area contributed by atoms with Gasteiger partial charge in [0.1, 0.15) is 0 Å². The molecular weight excluding hydrogens is 186 g/mol. The van der Waals surface area contributed by atoms with Crippen molar-refractivity contribution in [2.45, 2.75) is 25.8 Å². The Kier molecular flexibility index (Phi) is 3.07. The van der Waals surface area contributed by atoms with Crippen molar-refractivity contribution in [3.05, 3.63) is 47.2 Å². The average Bonchev–Trinajstić information content (AvgIpc) is 2.30. The zero-order valence-corrected chi connectivity index (χ0v) is 9.07. The molecule has 0 aromatic heterocycles. The second-order valence-corrected chi connectivity index (χ2v) is 4.00. The number of benzene rings is 1. The fourth-order valence-electron chi connectivity index (χ4n) is 1.95. The zero-order valence-electron chi connectivity index (χ0n) is 9.07. The van der Waals surface area contributed by atoms with Gasteiger partial charge in [-0.15, -0.1) is 0 Å². The predicted octanol–water partition coefficient (Wildman–Crippen LogP) is 2.69. The first-order valence-electron chi connectivity index (χ1n) is 5.40. The van der Waals surface area contributed by atoms with E-state index in [-0.39, 0.29) is 6.04 Å². The summed E-state index contributed by atoms with van der Waals surface area (Å²) in [5, 5.41) is 0. The average molecular weight is 203 g/mol. The Bertz CT molecular complexity index is 371. The molecule has 0 saturated heterocycles. The van der Waals surface area contributed by atoms with Crippen LogP contribution in [0.25, 0.3) is 0 Å². The normalized spacial score (nSPS) is 17.9. The summed E-state index contributed by atoms with van der Waals surface area (Å²) < 4.78 is 5.32. The van der Waals surface area contributed by atoms with Gasteiger partial charge in [-0.1, -0.05) is 24.3 Å². The molecular formula is C13H17NO. The summed E-state index contributed by atoms with van der Waals surface area (Å²) in [6.45, 7) is 2.92. The monoisotopic (exact) mass is 203 g/mol. The van der Waals surface area contributed by atoms with Gasteiger partial charge in [0.05, 0.1) is 18.9 Å². The van der Waals surface area contributed by atoms with Crippen LogP contribution in [-0.4, -0.2) is 6.61 Å². The Morgan fingerprint density at radius 3 is 2.80 bits per heavy atom. The largest absolute Gasteiger partial charge is 0.501 e. The number of nitrogens with two attached hydrogens (primary N) is 1. The van der Waals surface area contributed by atoms with E-state index in [9.17, 15) is 0 Å². The van der Waals surface area contributed by atoms with Crippen LogP contribution >= 0.6 is 0 Å².